The Labute approximate surface area is 400 Å². The smallest absolute Gasteiger partial charge is 0.356 e. The standard InChI is InChI=1S/C27H37N3O2.C17H20N2O3.C10H19N.ClH/c1-17-9-20(10-18(2)24(17)32-6)19-7-8-23-28-22(14-29(23)13-19)25(31)30-16-27(5)12-21(30)11-26(3,4)15-27;1-10-6-13(7-11(2)16(10)22-3)12-4-5-15-18-14(17(20)21)9-19(15)8-12;1-9(2)4-8-5-10(3,6-9)7-11-8;/h9-10,14,19,21H,7-8,11-13,15-16H2,1-6H3;6-7,9,12H,4-5,8H2,1-3H3,(H,20,21);8,11H,4-7H2,1-3H3;1H. The van der Waals surface area contributed by atoms with E-state index in [0.29, 0.717) is 39.8 Å². The molecule has 66 heavy (non-hydrogen) atoms. The van der Waals surface area contributed by atoms with Crippen LogP contribution in [0, 0.1) is 49.4 Å². The molecule has 6 heterocycles. The van der Waals surface area contributed by atoms with E-state index in [0.717, 1.165) is 98.5 Å². The number of likely N-dealkylation sites (tertiary alicyclic amines) is 1. The number of hydrogen-bond acceptors (Lipinski definition) is 7. The number of carboxylic acids is 1. The molecule has 0 radical (unpaired) electrons. The second-order valence-corrected chi connectivity index (χ2v) is 23.3. The highest BCUT2D eigenvalue weighted by atomic mass is 35.5. The highest BCUT2D eigenvalue weighted by molar-refractivity contribution is 5.93. The molecule has 2 saturated carbocycles. The van der Waals surface area contributed by atoms with Crippen molar-refractivity contribution in [3.63, 3.8) is 0 Å². The van der Waals surface area contributed by atoms with Crippen molar-refractivity contribution in [2.24, 2.45) is 21.7 Å². The molecule has 2 aliphatic carbocycles. The second-order valence-electron chi connectivity index (χ2n) is 23.3. The van der Waals surface area contributed by atoms with Crippen LogP contribution in [0.1, 0.15) is 171 Å². The quantitative estimate of drug-likeness (QED) is 0.196. The number of aromatic nitrogens is 4. The highest BCUT2D eigenvalue weighted by Crippen LogP contribution is 2.53. The van der Waals surface area contributed by atoms with Crippen molar-refractivity contribution in [2.75, 3.05) is 27.3 Å². The fourth-order valence-electron chi connectivity index (χ4n) is 13.9. The first kappa shape index (κ1) is 49.6. The zero-order valence-corrected chi connectivity index (χ0v) is 42.7. The lowest BCUT2D eigenvalue weighted by Gasteiger charge is -2.39. The lowest BCUT2D eigenvalue weighted by atomic mass is 9.65. The van der Waals surface area contributed by atoms with Gasteiger partial charge < -0.3 is 33.9 Å². The van der Waals surface area contributed by atoms with Crippen LogP contribution in [0.15, 0.2) is 36.7 Å². The van der Waals surface area contributed by atoms with E-state index in [2.05, 4.69) is 113 Å². The Balaban J connectivity index is 0.000000164. The van der Waals surface area contributed by atoms with E-state index >= 15 is 0 Å². The van der Waals surface area contributed by atoms with Gasteiger partial charge in [0.1, 0.15) is 28.8 Å². The average molecular weight is 926 g/mol. The molecule has 2 aromatic carbocycles. The number of fused-ring (bicyclic) bond motifs is 6. The van der Waals surface area contributed by atoms with Crippen molar-refractivity contribution < 1.29 is 24.2 Å². The average Bonchev–Trinajstić information content (AvgIpc) is 3.97. The third-order valence-corrected chi connectivity index (χ3v) is 15.7. The number of amides is 1. The zero-order valence-electron chi connectivity index (χ0n) is 41.9. The summed E-state index contributed by atoms with van der Waals surface area (Å²) in [6.07, 6.45) is 15.1. The maximum Gasteiger partial charge on any atom is 0.356 e. The van der Waals surface area contributed by atoms with Gasteiger partial charge in [0.2, 0.25) is 0 Å². The largest absolute Gasteiger partial charge is 0.496 e. The summed E-state index contributed by atoms with van der Waals surface area (Å²) < 4.78 is 15.2. The molecule has 10 rings (SSSR count). The number of aryl methyl sites for hydroxylation is 6. The molecule has 4 aromatic rings. The number of nitrogens with one attached hydrogen (secondary N) is 1. The van der Waals surface area contributed by atoms with Crippen molar-refractivity contribution in [2.45, 2.75) is 170 Å². The molecular formula is C54H77ClN6O5. The van der Waals surface area contributed by atoms with Gasteiger partial charge in [0.15, 0.2) is 5.69 Å². The molecule has 1 amide bonds. The summed E-state index contributed by atoms with van der Waals surface area (Å²) in [5.41, 5.74) is 9.82. The number of halogens is 1. The minimum absolute atomic E-state index is 0. The van der Waals surface area contributed by atoms with Crippen LogP contribution in [0.3, 0.4) is 0 Å². The Morgan fingerprint density at radius 3 is 1.64 bits per heavy atom. The molecule has 4 bridgehead atoms. The van der Waals surface area contributed by atoms with Gasteiger partial charge in [-0.3, -0.25) is 4.79 Å². The van der Waals surface area contributed by atoms with Gasteiger partial charge in [-0.1, -0.05) is 65.8 Å². The van der Waals surface area contributed by atoms with Crippen molar-refractivity contribution in [1.82, 2.24) is 29.3 Å². The number of ether oxygens (including phenoxy) is 2. The van der Waals surface area contributed by atoms with E-state index in [1.165, 1.54) is 54.5 Å². The number of aromatic carboxylic acids is 1. The van der Waals surface area contributed by atoms with Crippen LogP contribution >= 0.6 is 12.4 Å². The van der Waals surface area contributed by atoms with Crippen molar-refractivity contribution in [1.29, 1.82) is 0 Å². The predicted octanol–water partition coefficient (Wildman–Crippen LogP) is 10.8. The molecular weight excluding hydrogens is 848 g/mol. The van der Waals surface area contributed by atoms with Gasteiger partial charge in [-0.05, 0) is 134 Å². The van der Waals surface area contributed by atoms with Crippen molar-refractivity contribution in [3.05, 3.63) is 93.1 Å². The molecule has 6 unspecified atom stereocenters. The Hall–Kier alpha value is -4.35. The normalized spacial score (nSPS) is 27.5. The van der Waals surface area contributed by atoms with Gasteiger partial charge in [0.25, 0.3) is 5.91 Å². The minimum Gasteiger partial charge on any atom is -0.496 e. The number of rotatable bonds is 6. The van der Waals surface area contributed by atoms with Gasteiger partial charge in [0, 0.05) is 75.3 Å². The van der Waals surface area contributed by atoms with E-state index in [1.54, 1.807) is 20.4 Å². The van der Waals surface area contributed by atoms with Crippen molar-refractivity contribution >= 4 is 24.3 Å². The maximum absolute atomic E-state index is 13.5. The summed E-state index contributed by atoms with van der Waals surface area (Å²) in [6.45, 7) is 26.4. The Kier molecular flexibility index (Phi) is 14.0. The van der Waals surface area contributed by atoms with Crippen LogP contribution < -0.4 is 14.8 Å². The fraction of sp³-hybridized carbons (Fsp3) is 0.630. The summed E-state index contributed by atoms with van der Waals surface area (Å²) in [5, 5.41) is 12.7. The van der Waals surface area contributed by atoms with Gasteiger partial charge in [-0.2, -0.15) is 0 Å². The number of nitrogens with zero attached hydrogens (tertiary/aromatic N) is 5. The van der Waals surface area contributed by atoms with E-state index in [9.17, 15) is 9.59 Å². The van der Waals surface area contributed by atoms with Crippen molar-refractivity contribution in [3.8, 4) is 11.5 Å². The fourth-order valence-corrected chi connectivity index (χ4v) is 13.9. The molecule has 6 aliphatic rings. The third kappa shape index (κ3) is 10.4. The summed E-state index contributed by atoms with van der Waals surface area (Å²) >= 11 is 0. The molecule has 6 atom stereocenters. The number of imidazole rings is 2. The van der Waals surface area contributed by atoms with Gasteiger partial charge in [-0.25, -0.2) is 14.8 Å². The number of hydrogen-bond donors (Lipinski definition) is 2. The summed E-state index contributed by atoms with van der Waals surface area (Å²) in [6, 6.07) is 10.1. The Bertz CT molecular complexity index is 2410. The molecule has 360 valence electrons. The summed E-state index contributed by atoms with van der Waals surface area (Å²) in [4.78, 5) is 35.7. The first-order chi connectivity index (χ1) is 30.6. The van der Waals surface area contributed by atoms with Crippen LogP contribution in [0.5, 0.6) is 11.5 Å². The van der Waals surface area contributed by atoms with Crippen LogP contribution in [0.2, 0.25) is 0 Å². The monoisotopic (exact) mass is 925 g/mol. The van der Waals surface area contributed by atoms with Gasteiger partial charge >= 0.3 is 5.97 Å². The number of benzene rings is 2. The zero-order chi connectivity index (χ0) is 46.8. The van der Waals surface area contributed by atoms with Crippen LogP contribution in [0.4, 0.5) is 0 Å². The molecule has 0 spiro atoms. The Morgan fingerprint density at radius 1 is 0.682 bits per heavy atom. The first-order valence-electron chi connectivity index (χ1n) is 24.3. The minimum atomic E-state index is -0.963. The van der Waals surface area contributed by atoms with Crippen LogP contribution in [-0.2, 0) is 25.9 Å². The third-order valence-electron chi connectivity index (χ3n) is 15.7. The van der Waals surface area contributed by atoms with E-state index in [4.69, 9.17) is 19.6 Å². The molecule has 2 aromatic heterocycles. The number of carbonyl (C=O) groups is 2. The SMILES string of the molecule is CC1(C)CC2CC(C)(CN2)C1.COc1c(C)cc(C2CCc3nc(C(=O)N4CC5(C)CC4CC(C)(C)C5)cn3C2)cc1C.COc1c(C)cc(C2CCc3nc(C(=O)O)cn3C2)cc1C.Cl. The molecule has 2 saturated heterocycles. The van der Waals surface area contributed by atoms with Gasteiger partial charge in [0.05, 0.1) is 14.2 Å². The molecule has 4 aliphatic heterocycles. The number of carbonyl (C=O) groups excluding carboxylic acids is 1. The first-order valence-corrected chi connectivity index (χ1v) is 24.3. The van der Waals surface area contributed by atoms with E-state index in [1.807, 2.05) is 10.8 Å². The molecule has 2 N–H and O–H groups in total. The topological polar surface area (TPSA) is 124 Å². The number of carboxylic acid groups (broad SMARTS) is 1. The van der Waals surface area contributed by atoms with Gasteiger partial charge in [-0.15, -0.1) is 12.4 Å². The lowest BCUT2D eigenvalue weighted by molar-refractivity contribution is 0.0685. The van der Waals surface area contributed by atoms with Crippen LogP contribution in [-0.4, -0.2) is 80.4 Å². The molecule has 11 nitrogen and oxygen atoms in total. The second kappa shape index (κ2) is 18.6. The van der Waals surface area contributed by atoms with Crippen LogP contribution in [0.25, 0.3) is 0 Å². The highest BCUT2D eigenvalue weighted by Gasteiger charge is 2.51. The molecule has 12 heteroatoms. The lowest BCUT2D eigenvalue weighted by Crippen LogP contribution is -2.37. The Morgan fingerprint density at radius 2 is 1.15 bits per heavy atom. The molecule has 4 fully saturated rings. The van der Waals surface area contributed by atoms with E-state index in [-0.39, 0.29) is 29.4 Å². The predicted molar refractivity (Wildman–Crippen MR) is 264 cm³/mol. The summed E-state index contributed by atoms with van der Waals surface area (Å²) in [7, 11) is 3.43. The van der Waals surface area contributed by atoms with E-state index < -0.39 is 5.97 Å². The maximum atomic E-state index is 13.5. The summed E-state index contributed by atoms with van der Waals surface area (Å²) in [5.74, 6) is 3.83. The number of methoxy groups -OCH3 is 2.